The van der Waals surface area contributed by atoms with Crippen molar-refractivity contribution >= 4 is 23.5 Å². The Balaban J connectivity index is 1.73. The van der Waals surface area contributed by atoms with Gasteiger partial charge in [0.1, 0.15) is 11.3 Å². The summed E-state index contributed by atoms with van der Waals surface area (Å²) >= 11 is 0. The number of benzene rings is 4. The summed E-state index contributed by atoms with van der Waals surface area (Å²) in [5, 5.41) is 13.8. The number of carbonyl (C=O) groups is 3. The van der Waals surface area contributed by atoms with Gasteiger partial charge in [0.25, 0.3) is 0 Å². The lowest BCUT2D eigenvalue weighted by atomic mass is 9.71. The summed E-state index contributed by atoms with van der Waals surface area (Å²) in [6.07, 6.45) is 0. The highest BCUT2D eigenvalue weighted by Gasteiger charge is 2.65. The second-order valence-corrected chi connectivity index (χ2v) is 10.5. The van der Waals surface area contributed by atoms with E-state index in [0.717, 1.165) is 5.56 Å². The number of hydrogen-bond donors (Lipinski definition) is 2. The van der Waals surface area contributed by atoms with Gasteiger partial charge in [0, 0.05) is 17.2 Å². The highest BCUT2D eigenvalue weighted by molar-refractivity contribution is 6.03. The van der Waals surface area contributed by atoms with Crippen LogP contribution in [-0.4, -0.2) is 40.4 Å². The number of methoxy groups -OCH3 is 1. The van der Waals surface area contributed by atoms with Crippen molar-refractivity contribution in [1.29, 1.82) is 0 Å². The van der Waals surface area contributed by atoms with Gasteiger partial charge in [0.15, 0.2) is 5.78 Å². The third-order valence-electron chi connectivity index (χ3n) is 8.02. The third kappa shape index (κ3) is 5.07. The van der Waals surface area contributed by atoms with Gasteiger partial charge in [0.2, 0.25) is 0 Å². The van der Waals surface area contributed by atoms with E-state index in [9.17, 15) is 19.5 Å². The lowest BCUT2D eigenvalue weighted by Gasteiger charge is -2.37. The molecule has 0 spiro atoms. The molecular formula is C34H32N2O5. The van der Waals surface area contributed by atoms with Crippen LogP contribution in [0.5, 0.6) is 5.75 Å². The minimum Gasteiger partial charge on any atom is -0.497 e. The molecule has 1 aliphatic rings. The summed E-state index contributed by atoms with van der Waals surface area (Å²) in [6, 6.07) is 30.9. The zero-order valence-electron chi connectivity index (χ0n) is 23.2. The van der Waals surface area contributed by atoms with Crippen LogP contribution in [0.25, 0.3) is 0 Å². The first-order valence-corrected chi connectivity index (χ1v) is 13.4. The van der Waals surface area contributed by atoms with E-state index in [1.165, 1.54) is 4.90 Å². The summed E-state index contributed by atoms with van der Waals surface area (Å²) in [4.78, 5) is 43.4. The van der Waals surface area contributed by atoms with Crippen molar-refractivity contribution in [2.45, 2.75) is 31.3 Å². The monoisotopic (exact) mass is 548 g/mol. The van der Waals surface area contributed by atoms with Crippen molar-refractivity contribution in [1.82, 2.24) is 4.90 Å². The minimum atomic E-state index is -1.78. The number of aliphatic carboxylic acids is 1. The average molecular weight is 549 g/mol. The van der Waals surface area contributed by atoms with Crippen molar-refractivity contribution < 1.29 is 24.2 Å². The number of nitrogens with one attached hydrogen (secondary N) is 1. The molecule has 208 valence electrons. The van der Waals surface area contributed by atoms with Gasteiger partial charge in [-0.15, -0.1) is 0 Å². The Morgan fingerprint density at radius 2 is 1.39 bits per heavy atom. The molecule has 1 heterocycles. The fourth-order valence-corrected chi connectivity index (χ4v) is 5.96. The zero-order valence-corrected chi connectivity index (χ0v) is 23.2. The van der Waals surface area contributed by atoms with E-state index >= 15 is 0 Å². The summed E-state index contributed by atoms with van der Waals surface area (Å²) in [7, 11) is 1.55. The van der Waals surface area contributed by atoms with Crippen LogP contribution < -0.4 is 10.1 Å². The molecule has 4 aromatic carbocycles. The van der Waals surface area contributed by atoms with Crippen LogP contribution in [0, 0.1) is 12.8 Å². The van der Waals surface area contributed by atoms with Crippen LogP contribution in [0.4, 0.5) is 10.5 Å². The van der Waals surface area contributed by atoms with Gasteiger partial charge >= 0.3 is 12.0 Å². The molecule has 0 radical (unpaired) electrons. The Kier molecular flexibility index (Phi) is 7.62. The highest BCUT2D eigenvalue weighted by atomic mass is 16.5. The summed E-state index contributed by atoms with van der Waals surface area (Å²) in [5.41, 5.74) is 1.51. The molecule has 0 aliphatic carbocycles. The number of ether oxygens (including phenoxy) is 1. The van der Waals surface area contributed by atoms with Crippen LogP contribution in [0.3, 0.4) is 0 Å². The summed E-state index contributed by atoms with van der Waals surface area (Å²) in [5.74, 6) is -2.53. The lowest BCUT2D eigenvalue weighted by molar-refractivity contribution is -0.148. The maximum absolute atomic E-state index is 14.4. The Bertz CT molecular complexity index is 1540. The van der Waals surface area contributed by atoms with E-state index in [-0.39, 0.29) is 5.78 Å². The molecule has 4 aromatic rings. The van der Waals surface area contributed by atoms with E-state index in [4.69, 9.17) is 4.74 Å². The van der Waals surface area contributed by atoms with Crippen LogP contribution >= 0.6 is 0 Å². The number of anilines is 1. The maximum Gasteiger partial charge on any atom is 0.330 e. The van der Waals surface area contributed by atoms with Gasteiger partial charge in [-0.3, -0.25) is 9.69 Å². The number of nitrogens with zero attached hydrogens (tertiary/aromatic N) is 1. The van der Waals surface area contributed by atoms with Crippen LogP contribution in [0.1, 0.15) is 45.9 Å². The van der Waals surface area contributed by atoms with Gasteiger partial charge < -0.3 is 15.2 Å². The number of carboxylic acid groups (broad SMARTS) is 1. The number of likely N-dealkylation sites (tertiary alicyclic amines) is 1. The molecule has 4 atom stereocenters. The van der Waals surface area contributed by atoms with E-state index < -0.39 is 35.4 Å². The van der Waals surface area contributed by atoms with Crippen LogP contribution in [0.2, 0.25) is 0 Å². The summed E-state index contributed by atoms with van der Waals surface area (Å²) in [6.45, 7) is 3.49. The van der Waals surface area contributed by atoms with Crippen LogP contribution in [-0.2, 0) is 4.79 Å². The maximum atomic E-state index is 14.4. The topological polar surface area (TPSA) is 95.9 Å². The second-order valence-electron chi connectivity index (χ2n) is 10.5. The molecule has 4 unspecified atom stereocenters. The van der Waals surface area contributed by atoms with Crippen molar-refractivity contribution in [3.8, 4) is 5.75 Å². The van der Waals surface area contributed by atoms with Gasteiger partial charge in [-0.05, 0) is 49.2 Å². The van der Waals surface area contributed by atoms with Crippen molar-refractivity contribution in [2.75, 3.05) is 12.4 Å². The first-order chi connectivity index (χ1) is 19.8. The normalized spacial score (nSPS) is 21.7. The molecule has 0 bridgehead atoms. The number of Topliss-reactive ketones (excluding diaryl/α,β-unsaturated/α-hetero) is 1. The molecule has 2 N–H and O–H groups in total. The molecular weight excluding hydrogens is 516 g/mol. The molecule has 2 amide bonds. The summed E-state index contributed by atoms with van der Waals surface area (Å²) < 4.78 is 5.23. The van der Waals surface area contributed by atoms with Gasteiger partial charge in [-0.2, -0.15) is 0 Å². The Hall–Kier alpha value is -4.91. The standard InChI is InChI=1S/C34H32N2O5/c1-22-14-16-24(17-15-22)30-28(31(37)25-12-8-5-9-13-25)29(23-10-6-4-7-11-23)34(2,32(38)39)36(30)33(40)35-26-18-20-27(41-3)21-19-26/h4-21,28-30H,1-3H3,(H,35,40)(H,38,39). The largest absolute Gasteiger partial charge is 0.497 e. The average Bonchev–Trinajstić information content (AvgIpc) is 3.28. The SMILES string of the molecule is COc1ccc(NC(=O)N2C(c3ccc(C)cc3)C(C(=O)c3ccccc3)C(c3ccccc3)C2(C)C(=O)O)cc1. The zero-order chi connectivity index (χ0) is 29.1. The van der Waals surface area contributed by atoms with E-state index in [1.807, 2.05) is 67.6 Å². The third-order valence-corrected chi connectivity index (χ3v) is 8.02. The molecule has 1 saturated heterocycles. The number of ketones is 1. The molecule has 7 heteroatoms. The van der Waals surface area contributed by atoms with Gasteiger partial charge in [0.05, 0.1) is 19.1 Å². The number of carboxylic acids is 1. The predicted molar refractivity (Wildman–Crippen MR) is 157 cm³/mol. The van der Waals surface area contributed by atoms with Gasteiger partial charge in [-0.25, -0.2) is 9.59 Å². The predicted octanol–water partition coefficient (Wildman–Crippen LogP) is 6.72. The number of amides is 2. The highest BCUT2D eigenvalue weighted by Crippen LogP contribution is 2.56. The fraction of sp³-hybridized carbons (Fsp3) is 0.206. The first-order valence-electron chi connectivity index (χ1n) is 13.4. The number of aryl methyl sites for hydroxylation is 1. The second kappa shape index (κ2) is 11.3. The van der Waals surface area contributed by atoms with E-state index in [2.05, 4.69) is 5.32 Å². The smallest absolute Gasteiger partial charge is 0.330 e. The van der Waals surface area contributed by atoms with Crippen LogP contribution in [0.15, 0.2) is 109 Å². The molecule has 7 nitrogen and oxygen atoms in total. The van der Waals surface area contributed by atoms with Crippen molar-refractivity contribution in [3.05, 3.63) is 131 Å². The Morgan fingerprint density at radius 3 is 1.95 bits per heavy atom. The molecule has 1 fully saturated rings. The quantitative estimate of drug-likeness (QED) is 0.250. The number of urea groups is 1. The molecule has 0 saturated carbocycles. The molecule has 1 aliphatic heterocycles. The van der Waals surface area contributed by atoms with E-state index in [1.54, 1.807) is 62.6 Å². The molecule has 5 rings (SSSR count). The molecule has 41 heavy (non-hydrogen) atoms. The van der Waals surface area contributed by atoms with Crippen molar-refractivity contribution in [3.63, 3.8) is 0 Å². The lowest BCUT2D eigenvalue weighted by Crippen LogP contribution is -2.55. The van der Waals surface area contributed by atoms with E-state index in [0.29, 0.717) is 28.1 Å². The Morgan fingerprint density at radius 1 is 0.805 bits per heavy atom. The number of hydrogen-bond acceptors (Lipinski definition) is 4. The number of rotatable bonds is 7. The minimum absolute atomic E-state index is 0.225. The number of carbonyl (C=O) groups excluding carboxylic acids is 2. The molecule has 0 aromatic heterocycles. The fourth-order valence-electron chi connectivity index (χ4n) is 5.96. The first kappa shape index (κ1) is 27.6. The Labute approximate surface area is 239 Å². The van der Waals surface area contributed by atoms with Gasteiger partial charge in [-0.1, -0.05) is 90.5 Å². The van der Waals surface area contributed by atoms with Crippen molar-refractivity contribution in [2.24, 2.45) is 5.92 Å².